The lowest BCUT2D eigenvalue weighted by molar-refractivity contribution is 0.287. The van der Waals surface area contributed by atoms with E-state index in [1.807, 2.05) is 0 Å². The van der Waals surface area contributed by atoms with Gasteiger partial charge < -0.3 is 5.73 Å². The van der Waals surface area contributed by atoms with Crippen LogP contribution in [-0.4, -0.2) is 6.04 Å². The van der Waals surface area contributed by atoms with Gasteiger partial charge in [-0.3, -0.25) is 0 Å². The SMILES string of the molecule is CC(C)C1CCCC(N)CCC1. The van der Waals surface area contributed by atoms with E-state index in [0.29, 0.717) is 6.04 Å². The molecular formula is C11H23N. The molecule has 1 saturated carbocycles. The van der Waals surface area contributed by atoms with Gasteiger partial charge in [0.2, 0.25) is 0 Å². The predicted molar refractivity (Wildman–Crippen MR) is 54.0 cm³/mol. The van der Waals surface area contributed by atoms with Crippen molar-refractivity contribution in [1.29, 1.82) is 0 Å². The largest absolute Gasteiger partial charge is 0.328 e. The molecule has 2 N–H and O–H groups in total. The van der Waals surface area contributed by atoms with E-state index >= 15 is 0 Å². The molecule has 0 amide bonds. The van der Waals surface area contributed by atoms with Gasteiger partial charge >= 0.3 is 0 Å². The van der Waals surface area contributed by atoms with E-state index in [4.69, 9.17) is 5.73 Å². The van der Waals surface area contributed by atoms with E-state index in [-0.39, 0.29) is 0 Å². The van der Waals surface area contributed by atoms with Gasteiger partial charge in [0.05, 0.1) is 0 Å². The third kappa shape index (κ3) is 3.14. The molecule has 0 atom stereocenters. The molecule has 0 unspecified atom stereocenters. The van der Waals surface area contributed by atoms with Crippen LogP contribution in [0.5, 0.6) is 0 Å². The maximum atomic E-state index is 5.93. The Morgan fingerprint density at radius 1 is 1.00 bits per heavy atom. The van der Waals surface area contributed by atoms with Crippen molar-refractivity contribution in [3.05, 3.63) is 0 Å². The minimum absolute atomic E-state index is 0.498. The van der Waals surface area contributed by atoms with E-state index in [1.54, 1.807) is 0 Å². The summed E-state index contributed by atoms with van der Waals surface area (Å²) in [5, 5.41) is 0. The highest BCUT2D eigenvalue weighted by molar-refractivity contribution is 4.71. The van der Waals surface area contributed by atoms with Crippen LogP contribution in [0.3, 0.4) is 0 Å². The van der Waals surface area contributed by atoms with Gasteiger partial charge in [-0.15, -0.1) is 0 Å². The maximum Gasteiger partial charge on any atom is 0.00388 e. The first-order valence-electron chi connectivity index (χ1n) is 5.45. The van der Waals surface area contributed by atoms with Crippen LogP contribution in [0.25, 0.3) is 0 Å². The minimum atomic E-state index is 0.498. The van der Waals surface area contributed by atoms with Crippen molar-refractivity contribution in [2.45, 2.75) is 58.4 Å². The molecule has 1 heteroatoms. The maximum absolute atomic E-state index is 5.93. The van der Waals surface area contributed by atoms with Gasteiger partial charge in [0.25, 0.3) is 0 Å². The smallest absolute Gasteiger partial charge is 0.00388 e. The molecule has 1 rings (SSSR count). The van der Waals surface area contributed by atoms with Crippen molar-refractivity contribution < 1.29 is 0 Å². The molecule has 1 aliphatic carbocycles. The normalized spacial score (nSPS) is 33.0. The summed E-state index contributed by atoms with van der Waals surface area (Å²) in [4.78, 5) is 0. The fraction of sp³-hybridized carbons (Fsp3) is 1.00. The highest BCUT2D eigenvalue weighted by Crippen LogP contribution is 2.27. The predicted octanol–water partition coefficient (Wildman–Crippen LogP) is 2.94. The third-order valence-electron chi connectivity index (χ3n) is 3.24. The molecule has 1 aliphatic rings. The Kier molecular flexibility index (Phi) is 4.07. The van der Waals surface area contributed by atoms with Crippen molar-refractivity contribution in [2.75, 3.05) is 0 Å². The lowest BCUT2D eigenvalue weighted by Gasteiger charge is -2.25. The Morgan fingerprint density at radius 3 is 1.92 bits per heavy atom. The molecule has 0 saturated heterocycles. The van der Waals surface area contributed by atoms with Gasteiger partial charge in [0.15, 0.2) is 0 Å². The fourth-order valence-electron chi connectivity index (χ4n) is 2.24. The van der Waals surface area contributed by atoms with Crippen LogP contribution < -0.4 is 5.73 Å². The Hall–Kier alpha value is -0.0400. The summed E-state index contributed by atoms with van der Waals surface area (Å²) in [6, 6.07) is 0.498. The molecule has 0 spiro atoms. The monoisotopic (exact) mass is 169 g/mol. The molecule has 0 radical (unpaired) electrons. The molecule has 0 heterocycles. The number of rotatable bonds is 1. The first-order valence-corrected chi connectivity index (χ1v) is 5.45. The molecule has 1 nitrogen and oxygen atoms in total. The lowest BCUT2D eigenvalue weighted by atomic mass is 9.83. The first-order chi connectivity index (χ1) is 5.70. The van der Waals surface area contributed by atoms with Crippen LogP contribution in [0.15, 0.2) is 0 Å². The Bertz CT molecular complexity index is 110. The average Bonchev–Trinajstić information content (AvgIpc) is 1.95. The van der Waals surface area contributed by atoms with Gasteiger partial charge in [-0.2, -0.15) is 0 Å². The minimum Gasteiger partial charge on any atom is -0.328 e. The summed E-state index contributed by atoms with van der Waals surface area (Å²) in [7, 11) is 0. The van der Waals surface area contributed by atoms with Crippen molar-refractivity contribution in [3.63, 3.8) is 0 Å². The third-order valence-corrected chi connectivity index (χ3v) is 3.24. The van der Waals surface area contributed by atoms with Crippen molar-refractivity contribution >= 4 is 0 Å². The van der Waals surface area contributed by atoms with Gasteiger partial charge in [0.1, 0.15) is 0 Å². The van der Waals surface area contributed by atoms with Crippen LogP contribution in [-0.2, 0) is 0 Å². The fourth-order valence-corrected chi connectivity index (χ4v) is 2.24. The van der Waals surface area contributed by atoms with Gasteiger partial charge in [-0.1, -0.05) is 39.5 Å². The van der Waals surface area contributed by atoms with Crippen LogP contribution in [0.4, 0.5) is 0 Å². The quantitative estimate of drug-likeness (QED) is 0.641. The lowest BCUT2D eigenvalue weighted by Crippen LogP contribution is -2.23. The molecule has 0 aromatic rings. The first kappa shape index (κ1) is 10.0. The molecule has 0 aromatic heterocycles. The average molecular weight is 169 g/mol. The highest BCUT2D eigenvalue weighted by atomic mass is 14.6. The Labute approximate surface area is 76.7 Å². The highest BCUT2D eigenvalue weighted by Gasteiger charge is 2.16. The van der Waals surface area contributed by atoms with E-state index in [0.717, 1.165) is 11.8 Å². The second-order valence-corrected chi connectivity index (χ2v) is 4.63. The number of hydrogen-bond donors (Lipinski definition) is 1. The van der Waals surface area contributed by atoms with Gasteiger partial charge in [-0.05, 0) is 24.7 Å². The van der Waals surface area contributed by atoms with Crippen molar-refractivity contribution in [3.8, 4) is 0 Å². The summed E-state index contributed by atoms with van der Waals surface area (Å²) in [5.41, 5.74) is 5.93. The van der Waals surface area contributed by atoms with Crippen LogP contribution in [0.2, 0.25) is 0 Å². The van der Waals surface area contributed by atoms with Crippen LogP contribution in [0.1, 0.15) is 52.4 Å². The van der Waals surface area contributed by atoms with Crippen molar-refractivity contribution in [1.82, 2.24) is 0 Å². The standard InChI is InChI=1S/C11H23N/c1-9(2)10-5-3-7-11(12)8-4-6-10/h9-11H,3-8,12H2,1-2H3. The number of hydrogen-bond acceptors (Lipinski definition) is 1. The second-order valence-electron chi connectivity index (χ2n) is 4.63. The summed E-state index contributed by atoms with van der Waals surface area (Å²) < 4.78 is 0. The molecule has 0 aromatic carbocycles. The second kappa shape index (κ2) is 4.86. The molecule has 0 aliphatic heterocycles. The van der Waals surface area contributed by atoms with E-state index < -0.39 is 0 Å². The van der Waals surface area contributed by atoms with E-state index in [2.05, 4.69) is 13.8 Å². The summed E-state index contributed by atoms with van der Waals surface area (Å²) in [6.45, 7) is 4.71. The zero-order valence-corrected chi connectivity index (χ0v) is 8.55. The summed E-state index contributed by atoms with van der Waals surface area (Å²) in [6.07, 6.45) is 8.02. The Morgan fingerprint density at radius 2 is 1.50 bits per heavy atom. The van der Waals surface area contributed by atoms with Crippen LogP contribution >= 0.6 is 0 Å². The molecule has 0 bridgehead atoms. The van der Waals surface area contributed by atoms with E-state index in [1.165, 1.54) is 38.5 Å². The van der Waals surface area contributed by atoms with Gasteiger partial charge in [-0.25, -0.2) is 0 Å². The van der Waals surface area contributed by atoms with Gasteiger partial charge in [0, 0.05) is 6.04 Å². The van der Waals surface area contributed by atoms with Crippen LogP contribution in [0, 0.1) is 11.8 Å². The molecular weight excluding hydrogens is 146 g/mol. The topological polar surface area (TPSA) is 26.0 Å². The van der Waals surface area contributed by atoms with E-state index in [9.17, 15) is 0 Å². The number of nitrogens with two attached hydrogens (primary N) is 1. The summed E-state index contributed by atoms with van der Waals surface area (Å²) >= 11 is 0. The zero-order valence-electron chi connectivity index (χ0n) is 8.55. The van der Waals surface area contributed by atoms with Crippen molar-refractivity contribution in [2.24, 2.45) is 17.6 Å². The summed E-state index contributed by atoms with van der Waals surface area (Å²) in [5.74, 6) is 1.84. The molecule has 1 fully saturated rings. The Balaban J connectivity index is 2.30. The molecule has 12 heavy (non-hydrogen) atoms. The molecule has 72 valence electrons. The zero-order chi connectivity index (χ0) is 8.97.